The molecule has 70 valence electrons. The average molecular weight is 189 g/mol. The standard InChI is InChI=1S/C9H7N3O2/c13-8(9-10-6-11-12-9)4-3-7-2-1-5-14-7/h1-6H,(H,10,11,12)/b4-3+. The van der Waals surface area contributed by atoms with Crippen molar-refractivity contribution in [1.82, 2.24) is 15.2 Å². The molecule has 0 saturated heterocycles. The van der Waals surface area contributed by atoms with Crippen LogP contribution in [0.1, 0.15) is 16.4 Å². The molecule has 0 spiro atoms. The summed E-state index contributed by atoms with van der Waals surface area (Å²) in [5, 5.41) is 6.05. The van der Waals surface area contributed by atoms with Gasteiger partial charge in [0, 0.05) is 0 Å². The Bertz CT molecular complexity index is 429. The molecule has 0 fully saturated rings. The highest BCUT2D eigenvalue weighted by Crippen LogP contribution is 2.03. The van der Waals surface area contributed by atoms with Gasteiger partial charge in [-0.1, -0.05) is 0 Å². The van der Waals surface area contributed by atoms with E-state index in [-0.39, 0.29) is 11.6 Å². The highest BCUT2D eigenvalue weighted by atomic mass is 16.3. The summed E-state index contributed by atoms with van der Waals surface area (Å²) >= 11 is 0. The summed E-state index contributed by atoms with van der Waals surface area (Å²) in [5.41, 5.74) is 0. The van der Waals surface area contributed by atoms with E-state index in [0.717, 1.165) is 0 Å². The minimum absolute atomic E-state index is 0.216. The van der Waals surface area contributed by atoms with Crippen LogP contribution in [0.15, 0.2) is 35.2 Å². The number of carbonyl (C=O) groups excluding carboxylic acids is 1. The maximum atomic E-state index is 11.3. The van der Waals surface area contributed by atoms with Gasteiger partial charge in [-0.15, -0.1) is 0 Å². The number of aromatic nitrogens is 3. The van der Waals surface area contributed by atoms with Crippen molar-refractivity contribution in [1.29, 1.82) is 0 Å². The summed E-state index contributed by atoms with van der Waals surface area (Å²) in [6, 6.07) is 3.50. The minimum atomic E-state index is -0.237. The quantitative estimate of drug-likeness (QED) is 0.583. The number of ketones is 1. The maximum Gasteiger partial charge on any atom is 0.222 e. The van der Waals surface area contributed by atoms with Crippen LogP contribution in [0.25, 0.3) is 6.08 Å². The molecular weight excluding hydrogens is 182 g/mol. The number of furan rings is 1. The van der Waals surface area contributed by atoms with Gasteiger partial charge < -0.3 is 4.42 Å². The van der Waals surface area contributed by atoms with Crippen molar-refractivity contribution in [3.8, 4) is 0 Å². The van der Waals surface area contributed by atoms with Gasteiger partial charge in [0.15, 0.2) is 5.82 Å². The summed E-state index contributed by atoms with van der Waals surface area (Å²) in [5.74, 6) is 0.601. The first-order chi connectivity index (χ1) is 6.86. The van der Waals surface area contributed by atoms with Crippen molar-refractivity contribution in [2.24, 2.45) is 0 Å². The lowest BCUT2D eigenvalue weighted by atomic mass is 10.3. The second-order valence-electron chi connectivity index (χ2n) is 2.55. The number of aromatic amines is 1. The van der Waals surface area contributed by atoms with Gasteiger partial charge in [0.1, 0.15) is 12.1 Å². The molecular formula is C9H7N3O2. The molecule has 0 aromatic carbocycles. The third-order valence-corrected chi connectivity index (χ3v) is 1.59. The Morgan fingerprint density at radius 2 is 2.50 bits per heavy atom. The molecule has 14 heavy (non-hydrogen) atoms. The molecule has 0 atom stereocenters. The van der Waals surface area contributed by atoms with Crippen LogP contribution in [0, 0.1) is 0 Å². The Hall–Kier alpha value is -2.17. The molecule has 0 bridgehead atoms. The predicted octanol–water partition coefficient (Wildman–Crippen LogP) is 1.29. The first-order valence-electron chi connectivity index (χ1n) is 3.97. The summed E-state index contributed by atoms with van der Waals surface area (Å²) in [6.45, 7) is 0. The molecule has 2 rings (SSSR count). The van der Waals surface area contributed by atoms with E-state index in [0.29, 0.717) is 5.76 Å². The summed E-state index contributed by atoms with van der Waals surface area (Å²) < 4.78 is 5.02. The van der Waals surface area contributed by atoms with Crippen LogP contribution in [0.5, 0.6) is 0 Å². The van der Waals surface area contributed by atoms with Crippen LogP contribution >= 0.6 is 0 Å². The summed E-state index contributed by atoms with van der Waals surface area (Å²) in [6.07, 6.45) is 5.77. The normalized spacial score (nSPS) is 10.9. The van der Waals surface area contributed by atoms with Crippen LogP contribution in [0.3, 0.4) is 0 Å². The zero-order chi connectivity index (χ0) is 9.80. The number of allylic oxidation sites excluding steroid dienone is 1. The second-order valence-corrected chi connectivity index (χ2v) is 2.55. The van der Waals surface area contributed by atoms with E-state index >= 15 is 0 Å². The van der Waals surface area contributed by atoms with Crippen molar-refractivity contribution >= 4 is 11.9 Å². The van der Waals surface area contributed by atoms with Gasteiger partial charge in [0.2, 0.25) is 5.78 Å². The predicted molar refractivity (Wildman–Crippen MR) is 48.5 cm³/mol. The molecule has 0 unspecified atom stereocenters. The molecule has 0 aliphatic heterocycles. The summed E-state index contributed by atoms with van der Waals surface area (Å²) in [7, 11) is 0. The number of hydrogen-bond acceptors (Lipinski definition) is 4. The number of rotatable bonds is 3. The molecule has 2 aromatic rings. The zero-order valence-corrected chi connectivity index (χ0v) is 7.18. The number of nitrogens with zero attached hydrogens (tertiary/aromatic N) is 2. The Kier molecular flexibility index (Phi) is 2.22. The van der Waals surface area contributed by atoms with Gasteiger partial charge in [-0.25, -0.2) is 4.98 Å². The molecule has 2 aromatic heterocycles. The monoisotopic (exact) mass is 189 g/mol. The first kappa shape index (κ1) is 8.43. The smallest absolute Gasteiger partial charge is 0.222 e. The van der Waals surface area contributed by atoms with Crippen molar-refractivity contribution in [3.63, 3.8) is 0 Å². The zero-order valence-electron chi connectivity index (χ0n) is 7.18. The van der Waals surface area contributed by atoms with Gasteiger partial charge in [-0.2, -0.15) is 5.10 Å². The largest absolute Gasteiger partial charge is 0.465 e. The lowest BCUT2D eigenvalue weighted by Gasteiger charge is -1.85. The maximum absolute atomic E-state index is 11.3. The van der Waals surface area contributed by atoms with Crippen molar-refractivity contribution in [2.75, 3.05) is 0 Å². The summed E-state index contributed by atoms with van der Waals surface area (Å²) in [4.78, 5) is 15.1. The molecule has 0 saturated carbocycles. The molecule has 2 heterocycles. The van der Waals surface area contributed by atoms with Gasteiger partial charge in [-0.3, -0.25) is 9.89 Å². The van der Waals surface area contributed by atoms with Gasteiger partial charge in [0.25, 0.3) is 0 Å². The van der Waals surface area contributed by atoms with Gasteiger partial charge in [-0.05, 0) is 24.3 Å². The van der Waals surface area contributed by atoms with Crippen molar-refractivity contribution in [2.45, 2.75) is 0 Å². The highest BCUT2D eigenvalue weighted by Gasteiger charge is 2.03. The minimum Gasteiger partial charge on any atom is -0.465 e. The van der Waals surface area contributed by atoms with Gasteiger partial charge in [0.05, 0.1) is 6.26 Å². The van der Waals surface area contributed by atoms with E-state index in [1.165, 1.54) is 12.4 Å². The van der Waals surface area contributed by atoms with Crippen LogP contribution in [-0.4, -0.2) is 21.0 Å². The first-order valence-corrected chi connectivity index (χ1v) is 3.97. The number of carbonyl (C=O) groups is 1. The number of nitrogens with one attached hydrogen (secondary N) is 1. The van der Waals surface area contributed by atoms with E-state index < -0.39 is 0 Å². The Morgan fingerprint density at radius 3 is 3.14 bits per heavy atom. The lowest BCUT2D eigenvalue weighted by molar-refractivity contribution is 0.103. The Balaban J connectivity index is 2.09. The molecule has 1 N–H and O–H groups in total. The van der Waals surface area contributed by atoms with E-state index in [2.05, 4.69) is 15.2 Å². The van der Waals surface area contributed by atoms with Crippen LogP contribution in [0.2, 0.25) is 0 Å². The third kappa shape index (κ3) is 1.77. The van der Waals surface area contributed by atoms with Gasteiger partial charge >= 0.3 is 0 Å². The Labute approximate surface area is 79.5 Å². The number of H-pyrrole nitrogens is 1. The lowest BCUT2D eigenvalue weighted by Crippen LogP contribution is -1.96. The average Bonchev–Trinajstić information content (AvgIpc) is 2.87. The van der Waals surface area contributed by atoms with Crippen LogP contribution < -0.4 is 0 Å². The second kappa shape index (κ2) is 3.69. The molecule has 0 amide bonds. The van der Waals surface area contributed by atoms with Crippen LogP contribution in [-0.2, 0) is 0 Å². The molecule has 0 aliphatic carbocycles. The molecule has 5 heteroatoms. The SMILES string of the molecule is O=C(/C=C/c1ccco1)c1ncn[nH]1. The molecule has 0 aliphatic rings. The van der Waals surface area contributed by atoms with E-state index in [1.54, 1.807) is 24.5 Å². The van der Waals surface area contributed by atoms with E-state index in [1.807, 2.05) is 0 Å². The number of hydrogen-bond donors (Lipinski definition) is 1. The fourth-order valence-corrected chi connectivity index (χ4v) is 0.947. The highest BCUT2D eigenvalue weighted by molar-refractivity contribution is 6.03. The Morgan fingerprint density at radius 1 is 1.57 bits per heavy atom. The van der Waals surface area contributed by atoms with E-state index in [4.69, 9.17) is 4.42 Å². The molecule has 0 radical (unpaired) electrons. The fourth-order valence-electron chi connectivity index (χ4n) is 0.947. The fraction of sp³-hybridized carbons (Fsp3) is 0. The molecule has 5 nitrogen and oxygen atoms in total. The van der Waals surface area contributed by atoms with E-state index in [9.17, 15) is 4.79 Å². The van der Waals surface area contributed by atoms with Crippen LogP contribution in [0.4, 0.5) is 0 Å². The topological polar surface area (TPSA) is 71.8 Å². The van der Waals surface area contributed by atoms with Crippen molar-refractivity contribution in [3.05, 3.63) is 42.4 Å². The third-order valence-electron chi connectivity index (χ3n) is 1.59. The van der Waals surface area contributed by atoms with Crippen molar-refractivity contribution < 1.29 is 9.21 Å².